The number of halogens is 1. The fraction of sp³-hybridized carbons (Fsp3) is 0.500. The molecule has 0 heterocycles. The molecular weight excluding hydrogens is 338 g/mol. The maximum atomic E-state index is 12.0. The second kappa shape index (κ2) is 6.12. The molecule has 0 aliphatic heterocycles. The molecule has 120 valence electrons. The minimum Gasteiger partial charge on any atom is -0.495 e. The van der Waals surface area contributed by atoms with Crippen LogP contribution in [0.1, 0.15) is 26.3 Å². The Hall–Kier alpha value is -0.830. The molecule has 0 aromatic heterocycles. The van der Waals surface area contributed by atoms with E-state index in [1.165, 1.54) is 19.2 Å². The number of benzene rings is 1. The number of ether oxygens (including phenoxy) is 1. The number of methoxy groups -OCH3 is 1. The number of hydrogen-bond donors (Lipinski definition) is 1. The van der Waals surface area contributed by atoms with Crippen molar-refractivity contribution in [2.24, 2.45) is 0 Å². The summed E-state index contributed by atoms with van der Waals surface area (Å²) in [5.41, 5.74) is 0.461. The summed E-state index contributed by atoms with van der Waals surface area (Å²) in [6, 6.07) is 4.28. The Labute approximate surface area is 129 Å². The van der Waals surface area contributed by atoms with Crippen LogP contribution in [0.5, 0.6) is 5.75 Å². The van der Waals surface area contributed by atoms with Crippen LogP contribution in [0.2, 0.25) is 0 Å². The first-order valence-corrected chi connectivity index (χ1v) is 9.78. The van der Waals surface area contributed by atoms with Crippen molar-refractivity contribution in [2.45, 2.75) is 37.0 Å². The van der Waals surface area contributed by atoms with Gasteiger partial charge in [0.25, 0.3) is 9.05 Å². The van der Waals surface area contributed by atoms with Crippen LogP contribution in [0.3, 0.4) is 0 Å². The summed E-state index contributed by atoms with van der Waals surface area (Å²) < 4.78 is 53.2. The summed E-state index contributed by atoms with van der Waals surface area (Å²) >= 11 is 0. The molecular formula is C12H18ClNO5S2. The van der Waals surface area contributed by atoms with Gasteiger partial charge < -0.3 is 4.74 Å². The highest BCUT2D eigenvalue weighted by atomic mass is 35.7. The van der Waals surface area contributed by atoms with Gasteiger partial charge in [-0.15, -0.1) is 0 Å². The summed E-state index contributed by atoms with van der Waals surface area (Å²) in [4.78, 5) is -0.195. The molecule has 9 heteroatoms. The van der Waals surface area contributed by atoms with Gasteiger partial charge in [0.15, 0.2) is 0 Å². The zero-order valence-corrected chi connectivity index (χ0v) is 14.6. The van der Waals surface area contributed by atoms with Crippen molar-refractivity contribution in [2.75, 3.05) is 7.11 Å². The van der Waals surface area contributed by atoms with Gasteiger partial charge in [-0.25, -0.2) is 21.6 Å². The van der Waals surface area contributed by atoms with Gasteiger partial charge in [-0.1, -0.05) is 6.07 Å². The predicted molar refractivity (Wildman–Crippen MR) is 81.5 cm³/mol. The van der Waals surface area contributed by atoms with Crippen molar-refractivity contribution < 1.29 is 21.6 Å². The molecule has 6 nitrogen and oxygen atoms in total. The second-order valence-electron chi connectivity index (χ2n) is 5.36. The molecule has 0 radical (unpaired) electrons. The highest BCUT2D eigenvalue weighted by Crippen LogP contribution is 2.28. The van der Waals surface area contributed by atoms with E-state index in [0.29, 0.717) is 5.56 Å². The summed E-state index contributed by atoms with van der Waals surface area (Å²) in [6.45, 7) is 4.66. The molecule has 0 saturated carbocycles. The first kappa shape index (κ1) is 18.2. The minimum atomic E-state index is -3.98. The van der Waals surface area contributed by atoms with Crippen LogP contribution in [-0.2, 0) is 25.6 Å². The molecule has 0 unspecified atom stereocenters. The summed E-state index contributed by atoms with van der Waals surface area (Å²) in [5.74, 6) is 0.104. The number of rotatable bonds is 5. The van der Waals surface area contributed by atoms with E-state index in [4.69, 9.17) is 15.4 Å². The average molecular weight is 356 g/mol. The Balaban J connectivity index is 3.08. The lowest BCUT2D eigenvalue weighted by Crippen LogP contribution is -2.38. The predicted octanol–water partition coefficient (Wildman–Crippen LogP) is 1.84. The van der Waals surface area contributed by atoms with Crippen molar-refractivity contribution in [3.8, 4) is 5.75 Å². The minimum absolute atomic E-state index is 0.0387. The van der Waals surface area contributed by atoms with Crippen LogP contribution in [0.4, 0.5) is 0 Å². The van der Waals surface area contributed by atoms with Crippen molar-refractivity contribution in [1.29, 1.82) is 0 Å². The van der Waals surface area contributed by atoms with Crippen LogP contribution >= 0.6 is 10.7 Å². The molecule has 0 bridgehead atoms. The van der Waals surface area contributed by atoms with Gasteiger partial charge in [-0.05, 0) is 38.5 Å². The highest BCUT2D eigenvalue weighted by molar-refractivity contribution is 8.13. The van der Waals surface area contributed by atoms with E-state index in [1.54, 1.807) is 26.8 Å². The fourth-order valence-electron chi connectivity index (χ4n) is 1.42. The zero-order chi connectivity index (χ0) is 16.5. The van der Waals surface area contributed by atoms with Crippen LogP contribution in [0.25, 0.3) is 0 Å². The first-order valence-electron chi connectivity index (χ1n) is 5.99. The van der Waals surface area contributed by atoms with E-state index in [9.17, 15) is 16.8 Å². The molecule has 1 aromatic rings. The Morgan fingerprint density at radius 1 is 1.19 bits per heavy atom. The third kappa shape index (κ3) is 4.57. The smallest absolute Gasteiger partial charge is 0.264 e. The third-order valence-electron chi connectivity index (χ3n) is 2.76. The molecule has 0 spiro atoms. The van der Waals surface area contributed by atoms with Crippen LogP contribution in [-0.4, -0.2) is 28.7 Å². The van der Waals surface area contributed by atoms with E-state index in [-0.39, 0.29) is 17.2 Å². The van der Waals surface area contributed by atoms with Crippen LogP contribution in [0.15, 0.2) is 23.1 Å². The molecule has 1 N–H and O–H groups in total. The number of nitrogens with one attached hydrogen (secondary N) is 1. The van der Waals surface area contributed by atoms with Gasteiger partial charge in [0.1, 0.15) is 10.6 Å². The van der Waals surface area contributed by atoms with E-state index in [2.05, 4.69) is 4.72 Å². The zero-order valence-electron chi connectivity index (χ0n) is 12.2. The van der Waals surface area contributed by atoms with Gasteiger partial charge >= 0.3 is 0 Å². The monoisotopic (exact) mass is 355 g/mol. The van der Waals surface area contributed by atoms with E-state index < -0.39 is 23.8 Å². The van der Waals surface area contributed by atoms with E-state index >= 15 is 0 Å². The molecule has 0 atom stereocenters. The Bertz CT molecular complexity index is 721. The molecule has 21 heavy (non-hydrogen) atoms. The third-order valence-corrected chi connectivity index (χ3v) is 6.24. The van der Waals surface area contributed by atoms with Crippen molar-refractivity contribution in [1.82, 2.24) is 4.72 Å². The Morgan fingerprint density at radius 3 is 2.19 bits per heavy atom. The topological polar surface area (TPSA) is 89.5 Å². The lowest BCUT2D eigenvalue weighted by molar-refractivity contribution is 0.403. The maximum absolute atomic E-state index is 12.0. The molecule has 0 aliphatic carbocycles. The van der Waals surface area contributed by atoms with Crippen LogP contribution < -0.4 is 9.46 Å². The van der Waals surface area contributed by atoms with E-state index in [1.807, 2.05) is 0 Å². The van der Waals surface area contributed by atoms with Crippen molar-refractivity contribution in [3.05, 3.63) is 23.8 Å². The average Bonchev–Trinajstić information content (AvgIpc) is 2.33. The van der Waals surface area contributed by atoms with Gasteiger partial charge in [0.05, 0.1) is 11.9 Å². The molecule has 0 fully saturated rings. The molecule has 1 aromatic carbocycles. The lowest BCUT2D eigenvalue weighted by Gasteiger charge is -2.20. The van der Waals surface area contributed by atoms with Crippen molar-refractivity contribution in [3.63, 3.8) is 0 Å². The van der Waals surface area contributed by atoms with Gasteiger partial charge in [-0.3, -0.25) is 0 Å². The number of sulfonamides is 1. The maximum Gasteiger partial charge on any atom is 0.264 e. The van der Waals surface area contributed by atoms with Gasteiger partial charge in [-0.2, -0.15) is 0 Å². The quantitative estimate of drug-likeness (QED) is 0.814. The van der Waals surface area contributed by atoms with Crippen molar-refractivity contribution >= 4 is 29.8 Å². The molecule has 0 amide bonds. The van der Waals surface area contributed by atoms with Crippen LogP contribution in [0, 0.1) is 0 Å². The number of hydrogen-bond acceptors (Lipinski definition) is 5. The van der Waals surface area contributed by atoms with E-state index in [0.717, 1.165) is 0 Å². The highest BCUT2D eigenvalue weighted by Gasteiger charge is 2.28. The molecule has 0 aliphatic rings. The summed E-state index contributed by atoms with van der Waals surface area (Å²) in [7, 11) is -0.851. The Kier molecular flexibility index (Phi) is 5.31. The largest absolute Gasteiger partial charge is 0.495 e. The summed E-state index contributed by atoms with van der Waals surface area (Å²) in [5, 5.41) is 0. The summed E-state index contributed by atoms with van der Waals surface area (Å²) in [6.07, 6.45) is 0. The second-order valence-corrected chi connectivity index (χ2v) is 10.4. The molecule has 1 rings (SSSR count). The Morgan fingerprint density at radius 2 is 1.76 bits per heavy atom. The molecule has 0 saturated heterocycles. The van der Waals surface area contributed by atoms with Gasteiger partial charge in [0, 0.05) is 17.2 Å². The standard InChI is InChI=1S/C12H18ClNO5S2/c1-12(2,3)21(17,18)14-8-9-5-6-10(19-4)11(7-9)20(13,15)16/h5-7,14H,8H2,1-4H3. The lowest BCUT2D eigenvalue weighted by atomic mass is 10.2. The fourth-order valence-corrected chi connectivity index (χ4v) is 3.25. The SMILES string of the molecule is COc1ccc(CNS(=O)(=O)C(C)(C)C)cc1S(=O)(=O)Cl. The first-order chi connectivity index (χ1) is 9.38. The normalized spacial score (nSPS) is 13.2. The van der Waals surface area contributed by atoms with Gasteiger partial charge in [0.2, 0.25) is 10.0 Å².